The van der Waals surface area contributed by atoms with E-state index < -0.39 is 18.4 Å². The highest BCUT2D eigenvalue weighted by Crippen LogP contribution is 2.30. The minimum atomic E-state index is -1.09. The van der Waals surface area contributed by atoms with Gasteiger partial charge in [-0.05, 0) is 43.0 Å². The van der Waals surface area contributed by atoms with Crippen LogP contribution in [0.3, 0.4) is 0 Å². The van der Waals surface area contributed by atoms with Crippen molar-refractivity contribution in [3.05, 3.63) is 29.8 Å². The second-order valence-electron chi connectivity index (χ2n) is 6.99. The third-order valence-electron chi connectivity index (χ3n) is 5.02. The van der Waals surface area contributed by atoms with E-state index in [9.17, 15) is 14.4 Å². The lowest BCUT2D eigenvalue weighted by molar-refractivity contribution is -0.135. The number of carboxylic acid groups (broad SMARTS) is 1. The third kappa shape index (κ3) is 6.17. The monoisotopic (exact) mass is 360 g/mol. The first-order valence-corrected chi connectivity index (χ1v) is 9.40. The van der Waals surface area contributed by atoms with E-state index in [0.717, 1.165) is 12.8 Å². The van der Waals surface area contributed by atoms with Crippen LogP contribution in [0.25, 0.3) is 0 Å². The van der Waals surface area contributed by atoms with Crippen molar-refractivity contribution in [2.24, 2.45) is 11.8 Å². The molecule has 1 aliphatic rings. The van der Waals surface area contributed by atoms with Gasteiger partial charge in [-0.3, -0.25) is 14.4 Å². The molecule has 6 nitrogen and oxygen atoms in total. The average molecular weight is 360 g/mol. The Labute approximate surface area is 154 Å². The number of hydrogen-bond donors (Lipinski definition) is 3. The minimum Gasteiger partial charge on any atom is -0.480 e. The van der Waals surface area contributed by atoms with Crippen LogP contribution in [-0.4, -0.2) is 29.4 Å². The molecule has 1 unspecified atom stereocenters. The van der Waals surface area contributed by atoms with E-state index in [1.807, 2.05) is 6.92 Å². The predicted molar refractivity (Wildman–Crippen MR) is 100 cm³/mol. The number of carboxylic acids is 1. The molecule has 1 aromatic rings. The molecule has 2 amide bonds. The fourth-order valence-electron chi connectivity index (χ4n) is 3.49. The Bertz CT molecular complexity index is 621. The maximum Gasteiger partial charge on any atom is 0.322 e. The van der Waals surface area contributed by atoms with Crippen molar-refractivity contribution in [2.75, 3.05) is 11.9 Å². The lowest BCUT2D eigenvalue weighted by Crippen LogP contribution is -2.29. The zero-order valence-electron chi connectivity index (χ0n) is 15.3. The summed E-state index contributed by atoms with van der Waals surface area (Å²) in [5.74, 6) is -0.850. The van der Waals surface area contributed by atoms with Gasteiger partial charge in [-0.15, -0.1) is 0 Å². The van der Waals surface area contributed by atoms with Crippen molar-refractivity contribution in [3.8, 4) is 0 Å². The van der Waals surface area contributed by atoms with Crippen molar-refractivity contribution in [2.45, 2.75) is 51.9 Å². The number of carbonyl (C=O) groups is 3. The molecule has 0 saturated heterocycles. The van der Waals surface area contributed by atoms with Gasteiger partial charge in [0.15, 0.2) is 0 Å². The zero-order valence-corrected chi connectivity index (χ0v) is 15.3. The van der Waals surface area contributed by atoms with Gasteiger partial charge in [0.2, 0.25) is 5.91 Å². The lowest BCUT2D eigenvalue weighted by Gasteiger charge is -2.25. The highest BCUT2D eigenvalue weighted by molar-refractivity contribution is 5.97. The highest BCUT2D eigenvalue weighted by Gasteiger charge is 2.23. The second-order valence-corrected chi connectivity index (χ2v) is 6.99. The minimum absolute atomic E-state index is 0.0108. The van der Waals surface area contributed by atoms with Crippen LogP contribution in [0.15, 0.2) is 24.3 Å². The van der Waals surface area contributed by atoms with Gasteiger partial charge >= 0.3 is 5.97 Å². The predicted octanol–water partition coefficient (Wildman–Crippen LogP) is 3.44. The van der Waals surface area contributed by atoms with Crippen molar-refractivity contribution in [3.63, 3.8) is 0 Å². The quantitative estimate of drug-likeness (QED) is 0.662. The summed E-state index contributed by atoms with van der Waals surface area (Å²) in [5.41, 5.74) is 1.00. The molecular formula is C20H28N2O4. The molecule has 1 aliphatic carbocycles. The van der Waals surface area contributed by atoms with Gasteiger partial charge in [0.1, 0.15) is 6.54 Å². The van der Waals surface area contributed by atoms with Gasteiger partial charge in [-0.1, -0.05) is 39.0 Å². The second kappa shape index (κ2) is 9.94. The molecule has 0 aromatic heterocycles. The van der Waals surface area contributed by atoms with E-state index in [1.165, 1.54) is 32.1 Å². The van der Waals surface area contributed by atoms with Gasteiger partial charge in [-0.2, -0.15) is 0 Å². The smallest absolute Gasteiger partial charge is 0.322 e. The van der Waals surface area contributed by atoms with Crippen molar-refractivity contribution < 1.29 is 19.5 Å². The van der Waals surface area contributed by atoms with E-state index in [0.29, 0.717) is 17.2 Å². The molecule has 26 heavy (non-hydrogen) atoms. The number of hydrogen-bond acceptors (Lipinski definition) is 3. The number of amides is 2. The van der Waals surface area contributed by atoms with E-state index in [1.54, 1.807) is 24.3 Å². The molecule has 6 heteroatoms. The van der Waals surface area contributed by atoms with E-state index >= 15 is 0 Å². The van der Waals surface area contributed by atoms with Gasteiger partial charge in [0, 0.05) is 17.2 Å². The molecular weight excluding hydrogens is 332 g/mol. The van der Waals surface area contributed by atoms with Crippen molar-refractivity contribution >= 4 is 23.5 Å². The first-order valence-electron chi connectivity index (χ1n) is 9.40. The number of anilines is 1. The molecule has 3 N–H and O–H groups in total. The summed E-state index contributed by atoms with van der Waals surface area (Å²) in [6.07, 6.45) is 8.07. The SMILES string of the molecule is CCC(CC1CCCCC1)C(=O)Nc1ccc(C(=O)NCC(=O)O)cc1. The average Bonchev–Trinajstić information content (AvgIpc) is 2.65. The molecule has 1 atom stereocenters. The first-order chi connectivity index (χ1) is 12.5. The zero-order chi connectivity index (χ0) is 18.9. The third-order valence-corrected chi connectivity index (χ3v) is 5.02. The van der Waals surface area contributed by atoms with Gasteiger partial charge in [-0.25, -0.2) is 0 Å². The number of benzene rings is 1. The molecule has 0 radical (unpaired) electrons. The topological polar surface area (TPSA) is 95.5 Å². The van der Waals surface area contributed by atoms with Crippen LogP contribution in [0.4, 0.5) is 5.69 Å². The molecule has 1 fully saturated rings. The van der Waals surface area contributed by atoms with Crippen molar-refractivity contribution in [1.82, 2.24) is 5.32 Å². The molecule has 2 rings (SSSR count). The fourth-order valence-corrected chi connectivity index (χ4v) is 3.49. The molecule has 0 bridgehead atoms. The molecule has 1 aromatic carbocycles. The van der Waals surface area contributed by atoms with Crippen LogP contribution in [-0.2, 0) is 9.59 Å². The normalized spacial score (nSPS) is 15.9. The van der Waals surface area contributed by atoms with Gasteiger partial charge < -0.3 is 15.7 Å². The van der Waals surface area contributed by atoms with E-state index in [2.05, 4.69) is 10.6 Å². The van der Waals surface area contributed by atoms with Gasteiger partial charge in [0.25, 0.3) is 5.91 Å². The van der Waals surface area contributed by atoms with Crippen LogP contribution in [0.1, 0.15) is 62.2 Å². The van der Waals surface area contributed by atoms with E-state index in [4.69, 9.17) is 5.11 Å². The largest absolute Gasteiger partial charge is 0.480 e. The Balaban J connectivity index is 1.88. The summed E-state index contributed by atoms with van der Waals surface area (Å²) in [7, 11) is 0. The Morgan fingerprint density at radius 1 is 1.12 bits per heavy atom. The van der Waals surface area contributed by atoms with E-state index in [-0.39, 0.29) is 11.8 Å². The van der Waals surface area contributed by atoms with Crippen LogP contribution in [0.2, 0.25) is 0 Å². The van der Waals surface area contributed by atoms with Crippen LogP contribution in [0, 0.1) is 11.8 Å². The molecule has 1 saturated carbocycles. The summed E-state index contributed by atoms with van der Waals surface area (Å²) in [5, 5.41) is 13.8. The van der Waals surface area contributed by atoms with Gasteiger partial charge in [0.05, 0.1) is 0 Å². The Hall–Kier alpha value is -2.37. The molecule has 0 aliphatic heterocycles. The summed E-state index contributed by atoms with van der Waals surface area (Å²) >= 11 is 0. The first kappa shape index (κ1) is 19.9. The summed E-state index contributed by atoms with van der Waals surface area (Å²) in [4.78, 5) is 34.8. The van der Waals surface area contributed by atoms with Crippen LogP contribution in [0.5, 0.6) is 0 Å². The Kier molecular flexibility index (Phi) is 7.63. The number of rotatable bonds is 8. The van der Waals surface area contributed by atoms with Crippen LogP contribution >= 0.6 is 0 Å². The molecule has 0 heterocycles. The fraction of sp³-hybridized carbons (Fsp3) is 0.550. The molecule has 142 valence electrons. The lowest BCUT2D eigenvalue weighted by atomic mass is 9.82. The maximum atomic E-state index is 12.6. The molecule has 0 spiro atoms. The summed E-state index contributed by atoms with van der Waals surface area (Å²) < 4.78 is 0. The standard InChI is InChI=1S/C20H28N2O4/c1-2-15(12-14-6-4-3-5-7-14)20(26)22-17-10-8-16(9-11-17)19(25)21-13-18(23)24/h8-11,14-15H,2-7,12-13H2,1H3,(H,21,25)(H,22,26)(H,23,24). The highest BCUT2D eigenvalue weighted by atomic mass is 16.4. The van der Waals surface area contributed by atoms with Crippen molar-refractivity contribution in [1.29, 1.82) is 0 Å². The number of carbonyl (C=O) groups excluding carboxylic acids is 2. The Morgan fingerprint density at radius 2 is 1.77 bits per heavy atom. The Morgan fingerprint density at radius 3 is 2.35 bits per heavy atom. The summed E-state index contributed by atoms with van der Waals surface area (Å²) in [6.45, 7) is 1.62. The number of aliphatic carboxylic acids is 1. The maximum absolute atomic E-state index is 12.6. The summed E-state index contributed by atoms with van der Waals surface area (Å²) in [6, 6.07) is 6.49. The van der Waals surface area contributed by atoms with Crippen LogP contribution < -0.4 is 10.6 Å². The number of nitrogens with one attached hydrogen (secondary N) is 2.